The summed E-state index contributed by atoms with van der Waals surface area (Å²) < 4.78 is 1.84. The minimum atomic E-state index is 0.484. The van der Waals surface area contributed by atoms with E-state index >= 15 is 0 Å². The molecule has 0 saturated carbocycles. The molecule has 0 spiro atoms. The number of aromatic nitrogens is 3. The molecule has 0 atom stereocenters. The first-order valence-electron chi connectivity index (χ1n) is 5.39. The lowest BCUT2D eigenvalue weighted by molar-refractivity contribution is 0.965. The fourth-order valence-electron chi connectivity index (χ4n) is 1.87. The summed E-state index contributed by atoms with van der Waals surface area (Å²) in [4.78, 5) is 8.50. The molecule has 17 heavy (non-hydrogen) atoms. The number of nitrogen functional groups attached to an aromatic ring is 1. The Balaban J connectivity index is 2.23. The van der Waals surface area contributed by atoms with Gasteiger partial charge in [0.05, 0.1) is 5.52 Å². The lowest BCUT2D eigenvalue weighted by Gasteiger charge is -2.01. The van der Waals surface area contributed by atoms with Gasteiger partial charge in [-0.15, -0.1) is 0 Å². The molecule has 84 valence electrons. The van der Waals surface area contributed by atoms with Crippen molar-refractivity contribution in [3.8, 4) is 11.1 Å². The van der Waals surface area contributed by atoms with Crippen LogP contribution < -0.4 is 5.73 Å². The molecule has 1 aromatic carbocycles. The molecule has 4 nitrogen and oxygen atoms in total. The molecular weight excluding hydrogens is 214 g/mol. The Morgan fingerprint density at radius 2 is 1.94 bits per heavy atom. The van der Waals surface area contributed by atoms with Gasteiger partial charge in [-0.2, -0.15) is 4.98 Å². The minimum Gasteiger partial charge on any atom is -0.369 e. The van der Waals surface area contributed by atoms with E-state index in [4.69, 9.17) is 5.73 Å². The van der Waals surface area contributed by atoms with Crippen molar-refractivity contribution in [3.63, 3.8) is 0 Å². The highest BCUT2D eigenvalue weighted by molar-refractivity contribution is 5.80. The number of aryl methyl sites for hydroxylation is 1. The van der Waals surface area contributed by atoms with Crippen molar-refractivity contribution in [1.29, 1.82) is 0 Å². The first-order valence-corrected chi connectivity index (χ1v) is 5.39. The van der Waals surface area contributed by atoms with E-state index in [-0.39, 0.29) is 0 Å². The zero-order chi connectivity index (χ0) is 11.8. The lowest BCUT2D eigenvalue weighted by atomic mass is 10.1. The van der Waals surface area contributed by atoms with Crippen LogP contribution in [0.15, 0.2) is 42.6 Å². The van der Waals surface area contributed by atoms with Gasteiger partial charge in [-0.3, -0.25) is 0 Å². The molecule has 2 N–H and O–H groups in total. The number of nitrogens with zero attached hydrogens (tertiary/aromatic N) is 3. The first kappa shape index (κ1) is 9.84. The van der Waals surface area contributed by atoms with E-state index in [0.717, 1.165) is 16.6 Å². The van der Waals surface area contributed by atoms with Crippen LogP contribution in [0.2, 0.25) is 0 Å². The smallest absolute Gasteiger partial charge is 0.202 e. The molecule has 2 heterocycles. The largest absolute Gasteiger partial charge is 0.369 e. The Kier molecular flexibility index (Phi) is 2.08. The number of fused-ring (bicyclic) bond motifs is 1. The van der Waals surface area contributed by atoms with Crippen LogP contribution in [-0.2, 0) is 7.05 Å². The fourth-order valence-corrected chi connectivity index (χ4v) is 1.87. The molecule has 0 amide bonds. The molecule has 0 fully saturated rings. The van der Waals surface area contributed by atoms with E-state index in [1.807, 2.05) is 36.0 Å². The maximum atomic E-state index is 5.75. The summed E-state index contributed by atoms with van der Waals surface area (Å²) in [6.07, 6.45) is 1.82. The molecular formula is C13H12N4. The molecule has 0 unspecified atom stereocenters. The summed E-state index contributed by atoms with van der Waals surface area (Å²) in [5.74, 6) is 0.484. The Morgan fingerprint density at radius 3 is 2.71 bits per heavy atom. The van der Waals surface area contributed by atoms with Crippen LogP contribution in [0.5, 0.6) is 0 Å². The standard InChI is InChI=1S/C13H12N4/c1-17-11-7-10(9-5-3-2-4-6-9)8-15-12(11)16-13(17)14/h2-8H,1H3,(H2,14,15,16)/i13+2. The Hall–Kier alpha value is -2.36. The van der Waals surface area contributed by atoms with Gasteiger partial charge < -0.3 is 10.3 Å². The SMILES string of the molecule is Cn1c2cc(-c3ccccc3)cnc2n[14c]1N. The molecule has 0 aliphatic carbocycles. The van der Waals surface area contributed by atoms with E-state index in [0.29, 0.717) is 11.6 Å². The van der Waals surface area contributed by atoms with Crippen LogP contribution >= 0.6 is 0 Å². The summed E-state index contributed by atoms with van der Waals surface area (Å²) in [5, 5.41) is 0. The van der Waals surface area contributed by atoms with E-state index < -0.39 is 0 Å². The average Bonchev–Trinajstić information content (AvgIpc) is 2.66. The molecule has 0 saturated heterocycles. The predicted octanol–water partition coefficient (Wildman–Crippen LogP) is 2.22. The fraction of sp³-hybridized carbons (Fsp3) is 0.0769. The van der Waals surface area contributed by atoms with Crippen molar-refractivity contribution in [2.45, 2.75) is 0 Å². The second kappa shape index (κ2) is 3.59. The van der Waals surface area contributed by atoms with Crippen LogP contribution in [0.25, 0.3) is 22.3 Å². The zero-order valence-corrected chi connectivity index (χ0v) is 9.46. The van der Waals surface area contributed by atoms with Gasteiger partial charge in [0.25, 0.3) is 0 Å². The quantitative estimate of drug-likeness (QED) is 0.692. The summed E-state index contributed by atoms with van der Waals surface area (Å²) in [6, 6.07) is 12.2. The van der Waals surface area contributed by atoms with Crippen molar-refractivity contribution in [2.24, 2.45) is 7.05 Å². The van der Waals surface area contributed by atoms with Gasteiger partial charge in [-0.25, -0.2) is 4.98 Å². The van der Waals surface area contributed by atoms with Gasteiger partial charge in [0.1, 0.15) is 0 Å². The monoisotopic (exact) mass is 226 g/mol. The van der Waals surface area contributed by atoms with Crippen molar-refractivity contribution >= 4 is 17.1 Å². The lowest BCUT2D eigenvalue weighted by Crippen LogP contribution is -1.96. The normalized spacial score (nSPS) is 10.9. The highest BCUT2D eigenvalue weighted by Gasteiger charge is 2.07. The number of anilines is 1. The highest BCUT2D eigenvalue weighted by Crippen LogP contribution is 2.22. The van der Waals surface area contributed by atoms with E-state index in [1.54, 1.807) is 0 Å². The molecule has 3 rings (SSSR count). The number of hydrogen-bond acceptors (Lipinski definition) is 3. The van der Waals surface area contributed by atoms with Crippen molar-refractivity contribution in [3.05, 3.63) is 42.6 Å². The highest BCUT2D eigenvalue weighted by atomic mass is 15.7. The molecule has 0 bridgehead atoms. The maximum absolute atomic E-state index is 5.75. The molecule has 2 aromatic heterocycles. The Bertz CT molecular complexity index is 670. The van der Waals surface area contributed by atoms with E-state index in [1.165, 1.54) is 0 Å². The van der Waals surface area contributed by atoms with Crippen LogP contribution in [0.4, 0.5) is 5.95 Å². The Morgan fingerprint density at radius 1 is 1.18 bits per heavy atom. The average molecular weight is 226 g/mol. The molecule has 0 aliphatic heterocycles. The third kappa shape index (κ3) is 1.54. The number of imidazole rings is 1. The third-order valence-electron chi connectivity index (χ3n) is 2.88. The van der Waals surface area contributed by atoms with Gasteiger partial charge in [-0.1, -0.05) is 30.3 Å². The minimum absolute atomic E-state index is 0.484. The topological polar surface area (TPSA) is 56.7 Å². The predicted molar refractivity (Wildman–Crippen MR) is 68.4 cm³/mol. The molecule has 3 aromatic rings. The zero-order valence-electron chi connectivity index (χ0n) is 9.46. The summed E-state index contributed by atoms with van der Waals surface area (Å²) in [5.41, 5.74) is 9.60. The van der Waals surface area contributed by atoms with Crippen molar-refractivity contribution in [1.82, 2.24) is 14.5 Å². The first-order chi connectivity index (χ1) is 8.25. The molecule has 0 aliphatic rings. The van der Waals surface area contributed by atoms with Gasteiger partial charge in [0.15, 0.2) is 5.65 Å². The van der Waals surface area contributed by atoms with Crippen LogP contribution in [0.1, 0.15) is 0 Å². The summed E-state index contributed by atoms with van der Waals surface area (Å²) in [7, 11) is 1.89. The van der Waals surface area contributed by atoms with Crippen molar-refractivity contribution in [2.75, 3.05) is 5.73 Å². The van der Waals surface area contributed by atoms with Gasteiger partial charge >= 0.3 is 0 Å². The molecule has 4 heteroatoms. The van der Waals surface area contributed by atoms with Crippen LogP contribution in [0, 0.1) is 0 Å². The number of rotatable bonds is 1. The van der Waals surface area contributed by atoms with Crippen LogP contribution in [0.3, 0.4) is 0 Å². The van der Waals surface area contributed by atoms with Crippen molar-refractivity contribution < 1.29 is 0 Å². The Labute approximate surface area is 98.7 Å². The van der Waals surface area contributed by atoms with Gasteiger partial charge in [0.2, 0.25) is 5.95 Å². The molecule has 0 radical (unpaired) electrons. The second-order valence-corrected chi connectivity index (χ2v) is 3.96. The summed E-state index contributed by atoms with van der Waals surface area (Å²) in [6.45, 7) is 0. The van der Waals surface area contributed by atoms with E-state index in [9.17, 15) is 0 Å². The number of pyridine rings is 1. The van der Waals surface area contributed by atoms with Gasteiger partial charge in [-0.05, 0) is 11.6 Å². The summed E-state index contributed by atoms with van der Waals surface area (Å²) >= 11 is 0. The number of hydrogen-bond donors (Lipinski definition) is 1. The third-order valence-corrected chi connectivity index (χ3v) is 2.88. The number of nitrogens with two attached hydrogens (primary N) is 1. The van der Waals surface area contributed by atoms with Crippen LogP contribution in [-0.4, -0.2) is 14.5 Å². The van der Waals surface area contributed by atoms with Gasteiger partial charge in [0, 0.05) is 18.8 Å². The van der Waals surface area contributed by atoms with E-state index in [2.05, 4.69) is 28.2 Å². The second-order valence-electron chi connectivity index (χ2n) is 3.96. The number of benzene rings is 1. The maximum Gasteiger partial charge on any atom is 0.202 e.